The molecule has 1 aliphatic carbocycles. The highest BCUT2D eigenvalue weighted by Crippen LogP contribution is 2.36. The summed E-state index contributed by atoms with van der Waals surface area (Å²) in [5.74, 6) is 0.701. The molecule has 164 valence electrons. The van der Waals surface area contributed by atoms with Crippen LogP contribution in [0.3, 0.4) is 0 Å². The zero-order valence-electron chi connectivity index (χ0n) is 18.8. The first kappa shape index (κ1) is 20.3. The van der Waals surface area contributed by atoms with E-state index in [1.54, 1.807) is 0 Å². The summed E-state index contributed by atoms with van der Waals surface area (Å²) in [5.41, 5.74) is 6.69. The van der Waals surface area contributed by atoms with Crippen LogP contribution in [0.15, 0.2) is 24.3 Å². The van der Waals surface area contributed by atoms with E-state index >= 15 is 0 Å². The molecule has 1 saturated carbocycles. The van der Waals surface area contributed by atoms with Crippen molar-refractivity contribution in [2.75, 3.05) is 5.32 Å². The topological polar surface area (TPSA) is 103 Å². The van der Waals surface area contributed by atoms with Crippen LogP contribution >= 0.6 is 0 Å². The number of rotatable bonds is 6. The maximum Gasteiger partial charge on any atom is 0.224 e. The predicted molar refractivity (Wildman–Crippen MR) is 121 cm³/mol. The van der Waals surface area contributed by atoms with Crippen LogP contribution in [-0.4, -0.2) is 40.9 Å². The quantitative estimate of drug-likeness (QED) is 0.502. The van der Waals surface area contributed by atoms with Gasteiger partial charge in [0.25, 0.3) is 0 Å². The van der Waals surface area contributed by atoms with Crippen LogP contribution in [0.1, 0.15) is 47.8 Å². The lowest BCUT2D eigenvalue weighted by Gasteiger charge is -2.12. The van der Waals surface area contributed by atoms with Gasteiger partial charge in [-0.1, -0.05) is 12.1 Å². The van der Waals surface area contributed by atoms with Crippen molar-refractivity contribution < 1.29 is 4.79 Å². The number of aryl methyl sites for hydroxylation is 4. The van der Waals surface area contributed by atoms with Gasteiger partial charge >= 0.3 is 0 Å². The van der Waals surface area contributed by atoms with E-state index in [1.165, 1.54) is 0 Å². The van der Waals surface area contributed by atoms with E-state index < -0.39 is 0 Å². The van der Waals surface area contributed by atoms with Crippen molar-refractivity contribution >= 4 is 22.6 Å². The van der Waals surface area contributed by atoms with Gasteiger partial charge in [-0.05, 0) is 73.7 Å². The minimum absolute atomic E-state index is 0.0364. The SMILES string of the molecule is Cc1nc2c(c(C)nn2C)c(C)c1CCC(=O)Nc1cccc(-c2nnnn2C2CC2)c1. The van der Waals surface area contributed by atoms with Crippen molar-refractivity contribution in [1.82, 2.24) is 35.0 Å². The lowest BCUT2D eigenvalue weighted by Crippen LogP contribution is -2.13. The molecular weight excluding hydrogens is 404 g/mol. The Morgan fingerprint density at radius 3 is 2.78 bits per heavy atom. The van der Waals surface area contributed by atoms with E-state index in [0.29, 0.717) is 18.9 Å². The van der Waals surface area contributed by atoms with Crippen molar-refractivity contribution in [2.24, 2.45) is 7.05 Å². The third-order valence-corrected chi connectivity index (χ3v) is 6.12. The number of hydrogen-bond acceptors (Lipinski definition) is 6. The maximum atomic E-state index is 12.7. The highest BCUT2D eigenvalue weighted by molar-refractivity contribution is 5.91. The van der Waals surface area contributed by atoms with Crippen LogP contribution in [0.4, 0.5) is 5.69 Å². The third-order valence-electron chi connectivity index (χ3n) is 6.12. The zero-order chi connectivity index (χ0) is 22.4. The number of hydrogen-bond donors (Lipinski definition) is 1. The van der Waals surface area contributed by atoms with Gasteiger partial charge in [-0.3, -0.25) is 9.48 Å². The summed E-state index contributed by atoms with van der Waals surface area (Å²) in [5, 5.41) is 20.7. The predicted octanol–water partition coefficient (Wildman–Crippen LogP) is 3.45. The molecule has 1 amide bonds. The Kier molecular flexibility index (Phi) is 4.96. The van der Waals surface area contributed by atoms with Gasteiger partial charge in [0.05, 0.1) is 11.7 Å². The average molecular weight is 431 g/mol. The number of amides is 1. The van der Waals surface area contributed by atoms with Gasteiger partial charge in [-0.15, -0.1) is 5.10 Å². The molecule has 0 radical (unpaired) electrons. The third kappa shape index (κ3) is 3.63. The summed E-state index contributed by atoms with van der Waals surface area (Å²) in [6.07, 6.45) is 3.21. The summed E-state index contributed by atoms with van der Waals surface area (Å²) >= 11 is 0. The molecule has 0 saturated heterocycles. The number of benzene rings is 1. The van der Waals surface area contributed by atoms with Gasteiger partial charge in [0.1, 0.15) is 0 Å². The van der Waals surface area contributed by atoms with Crippen LogP contribution in [0.2, 0.25) is 0 Å². The van der Waals surface area contributed by atoms with E-state index in [2.05, 4.69) is 32.9 Å². The van der Waals surface area contributed by atoms with Gasteiger partial charge in [-0.2, -0.15) is 5.10 Å². The maximum absolute atomic E-state index is 12.7. The molecule has 9 heteroatoms. The largest absolute Gasteiger partial charge is 0.326 e. The minimum Gasteiger partial charge on any atom is -0.326 e. The first-order valence-electron chi connectivity index (χ1n) is 10.9. The van der Waals surface area contributed by atoms with Gasteiger partial charge in [0.2, 0.25) is 5.91 Å². The second-order valence-electron chi connectivity index (χ2n) is 8.52. The van der Waals surface area contributed by atoms with Crippen LogP contribution in [0.25, 0.3) is 22.4 Å². The number of fused-ring (bicyclic) bond motifs is 1. The van der Waals surface area contributed by atoms with E-state index in [4.69, 9.17) is 4.98 Å². The van der Waals surface area contributed by atoms with Crippen molar-refractivity contribution in [3.63, 3.8) is 0 Å². The lowest BCUT2D eigenvalue weighted by molar-refractivity contribution is -0.116. The molecule has 0 atom stereocenters. The van der Waals surface area contributed by atoms with Gasteiger partial charge < -0.3 is 5.32 Å². The number of tetrazole rings is 1. The number of anilines is 1. The Hall–Kier alpha value is -3.62. The lowest BCUT2D eigenvalue weighted by atomic mass is 9.99. The second-order valence-corrected chi connectivity index (χ2v) is 8.52. The molecular formula is C23H26N8O. The average Bonchev–Trinajstić information content (AvgIpc) is 3.41. The van der Waals surface area contributed by atoms with Gasteiger partial charge in [0, 0.05) is 35.8 Å². The number of pyridine rings is 1. The van der Waals surface area contributed by atoms with Crippen molar-refractivity contribution in [2.45, 2.75) is 52.5 Å². The van der Waals surface area contributed by atoms with Crippen molar-refractivity contribution in [1.29, 1.82) is 0 Å². The zero-order valence-corrected chi connectivity index (χ0v) is 18.8. The highest BCUT2D eigenvalue weighted by Gasteiger charge is 2.28. The molecule has 5 rings (SSSR count). The Morgan fingerprint density at radius 2 is 2.00 bits per heavy atom. The Labute approximate surface area is 185 Å². The number of carbonyl (C=O) groups excluding carboxylic acids is 1. The molecule has 0 bridgehead atoms. The summed E-state index contributed by atoms with van der Waals surface area (Å²) in [4.78, 5) is 17.5. The van der Waals surface area contributed by atoms with Crippen LogP contribution in [0, 0.1) is 20.8 Å². The van der Waals surface area contributed by atoms with Crippen LogP contribution < -0.4 is 5.32 Å². The number of carbonyl (C=O) groups is 1. The van der Waals surface area contributed by atoms with Crippen LogP contribution in [0.5, 0.6) is 0 Å². The fourth-order valence-corrected chi connectivity index (χ4v) is 4.38. The molecule has 32 heavy (non-hydrogen) atoms. The summed E-state index contributed by atoms with van der Waals surface area (Å²) < 4.78 is 3.68. The Balaban J connectivity index is 1.31. The number of aromatic nitrogens is 7. The molecule has 0 unspecified atom stereocenters. The normalized spacial score (nSPS) is 13.6. The van der Waals surface area contributed by atoms with Crippen molar-refractivity contribution in [3.8, 4) is 11.4 Å². The van der Waals surface area contributed by atoms with Gasteiger partial charge in [0.15, 0.2) is 11.5 Å². The monoisotopic (exact) mass is 430 g/mol. The van der Waals surface area contributed by atoms with E-state index in [0.717, 1.165) is 63.5 Å². The number of nitrogens with one attached hydrogen (secondary N) is 1. The summed E-state index contributed by atoms with van der Waals surface area (Å²) in [6.45, 7) is 6.08. The first-order valence-corrected chi connectivity index (χ1v) is 10.9. The molecule has 4 aromatic rings. The minimum atomic E-state index is -0.0364. The van der Waals surface area contributed by atoms with Crippen LogP contribution in [-0.2, 0) is 18.3 Å². The standard InChI is InChI=1S/C23H26N8O/c1-13-19(14(2)24-23-21(13)15(3)27-30(23)4)10-11-20(32)25-17-7-5-6-16(12-17)22-26-28-29-31(22)18-8-9-18/h5-7,12,18H,8-11H2,1-4H3,(H,25,32). The van der Waals surface area contributed by atoms with E-state index in [-0.39, 0.29) is 5.91 Å². The van der Waals surface area contributed by atoms with E-state index in [9.17, 15) is 4.79 Å². The smallest absolute Gasteiger partial charge is 0.224 e. The second kappa shape index (κ2) is 7.81. The fourth-order valence-electron chi connectivity index (χ4n) is 4.38. The first-order chi connectivity index (χ1) is 15.4. The fraction of sp³-hybridized carbons (Fsp3) is 0.391. The molecule has 3 aromatic heterocycles. The molecule has 1 N–H and O–H groups in total. The molecule has 1 aliphatic rings. The Morgan fingerprint density at radius 1 is 1.19 bits per heavy atom. The molecule has 0 aliphatic heterocycles. The molecule has 9 nitrogen and oxygen atoms in total. The Bertz CT molecular complexity index is 1330. The molecule has 1 fully saturated rings. The summed E-state index contributed by atoms with van der Waals surface area (Å²) in [6, 6.07) is 8.07. The van der Waals surface area contributed by atoms with Gasteiger partial charge in [-0.25, -0.2) is 9.67 Å². The molecule has 1 aromatic carbocycles. The number of nitrogens with zero attached hydrogens (tertiary/aromatic N) is 7. The highest BCUT2D eigenvalue weighted by atomic mass is 16.1. The van der Waals surface area contributed by atoms with Crippen molar-refractivity contribution in [3.05, 3.63) is 46.8 Å². The van der Waals surface area contributed by atoms with E-state index in [1.807, 2.05) is 54.5 Å². The summed E-state index contributed by atoms with van der Waals surface area (Å²) in [7, 11) is 1.91. The molecule has 0 spiro atoms. The molecule has 3 heterocycles.